The average Bonchev–Trinajstić information content (AvgIpc) is 3.01. The Balaban J connectivity index is 1.85. The number of benzene rings is 3. The minimum Gasteiger partial charge on any atom is -0.478 e. The second-order valence-electron chi connectivity index (χ2n) is 11.2. The second kappa shape index (κ2) is 17.9. The van der Waals surface area contributed by atoms with Gasteiger partial charge in [0.2, 0.25) is 0 Å². The normalized spacial score (nSPS) is 11.6. The van der Waals surface area contributed by atoms with E-state index < -0.39 is 24.2 Å². The molecule has 230 valence electrons. The lowest BCUT2D eigenvalue weighted by Gasteiger charge is -2.17. The van der Waals surface area contributed by atoms with Crippen LogP contribution in [-0.2, 0) is 15.9 Å². The average molecular weight is 587 g/mol. The van der Waals surface area contributed by atoms with Gasteiger partial charge in [-0.05, 0) is 60.9 Å². The van der Waals surface area contributed by atoms with E-state index in [1.54, 1.807) is 37.3 Å². The molecule has 1 atom stereocenters. The van der Waals surface area contributed by atoms with Gasteiger partial charge in [-0.1, -0.05) is 126 Å². The highest BCUT2D eigenvalue weighted by Gasteiger charge is 2.27. The van der Waals surface area contributed by atoms with Crippen molar-refractivity contribution in [3.63, 3.8) is 0 Å². The molecule has 1 unspecified atom stereocenters. The van der Waals surface area contributed by atoms with Crippen molar-refractivity contribution in [3.05, 3.63) is 83.4 Å². The van der Waals surface area contributed by atoms with Crippen molar-refractivity contribution in [1.82, 2.24) is 0 Å². The Labute approximate surface area is 256 Å². The van der Waals surface area contributed by atoms with Crippen molar-refractivity contribution in [3.8, 4) is 22.3 Å². The molecular weight excluding hydrogens is 540 g/mol. The number of esters is 1. The smallest absolute Gasteiger partial charge is 0.478 e. The van der Waals surface area contributed by atoms with E-state index in [9.17, 15) is 19.5 Å². The molecule has 0 amide bonds. The molecule has 0 aliphatic carbocycles. The molecule has 6 nitrogen and oxygen atoms in total. The van der Waals surface area contributed by atoms with E-state index in [2.05, 4.69) is 13.8 Å². The number of carboxylic acid groups (broad SMARTS) is 1. The maximum Gasteiger partial charge on any atom is 0.516 e. The second-order valence-corrected chi connectivity index (χ2v) is 11.2. The first kappa shape index (κ1) is 33.6. The van der Waals surface area contributed by atoms with Gasteiger partial charge in [0, 0.05) is 5.56 Å². The summed E-state index contributed by atoms with van der Waals surface area (Å²) in [6.45, 7) is 6.11. The van der Waals surface area contributed by atoms with E-state index in [4.69, 9.17) is 9.47 Å². The third kappa shape index (κ3) is 10.4. The SMILES string of the molecule is CCCCCCCCc1ccc(-c2ccc(C(=O)OC(=O)OC(C)CCCCCC)c(-c3ccccc3)c2C(=O)O)cc1. The van der Waals surface area contributed by atoms with Gasteiger partial charge in [0.1, 0.15) is 6.10 Å². The number of unbranched alkanes of at least 4 members (excludes halogenated alkanes) is 8. The van der Waals surface area contributed by atoms with Gasteiger partial charge in [-0.2, -0.15) is 0 Å². The summed E-state index contributed by atoms with van der Waals surface area (Å²) in [5, 5.41) is 10.4. The largest absolute Gasteiger partial charge is 0.516 e. The fourth-order valence-corrected chi connectivity index (χ4v) is 5.34. The van der Waals surface area contributed by atoms with E-state index in [1.807, 2.05) is 30.3 Å². The zero-order valence-electron chi connectivity index (χ0n) is 25.9. The molecule has 1 N–H and O–H groups in total. The van der Waals surface area contributed by atoms with Crippen LogP contribution in [0.4, 0.5) is 4.79 Å². The van der Waals surface area contributed by atoms with Crippen LogP contribution in [0.3, 0.4) is 0 Å². The summed E-state index contributed by atoms with van der Waals surface area (Å²) in [6.07, 6.45) is 11.7. The van der Waals surface area contributed by atoms with Crippen LogP contribution in [0.5, 0.6) is 0 Å². The van der Waals surface area contributed by atoms with Gasteiger partial charge in [-0.3, -0.25) is 0 Å². The summed E-state index contributed by atoms with van der Waals surface area (Å²) in [6, 6.07) is 19.9. The standard InChI is InChI=1S/C37H46O6/c1-4-6-8-10-11-14-18-28-21-23-29(24-22-28)31-25-26-32(33(34(31)35(38)39)30-19-15-12-16-20-30)36(40)43-37(41)42-27(3)17-13-9-7-5-2/h12,15-16,19-27H,4-11,13-14,17-18H2,1-3H3,(H,38,39). The molecule has 6 heteroatoms. The van der Waals surface area contributed by atoms with E-state index >= 15 is 0 Å². The van der Waals surface area contributed by atoms with Gasteiger partial charge in [0.25, 0.3) is 0 Å². The molecule has 0 bridgehead atoms. The summed E-state index contributed by atoms with van der Waals surface area (Å²) in [5.41, 5.74) is 3.12. The minimum absolute atomic E-state index is 0.0143. The van der Waals surface area contributed by atoms with Gasteiger partial charge >= 0.3 is 18.1 Å². The van der Waals surface area contributed by atoms with Crippen LogP contribution < -0.4 is 0 Å². The predicted octanol–water partition coefficient (Wildman–Crippen LogP) is 10.3. The summed E-state index contributed by atoms with van der Waals surface area (Å²) in [7, 11) is 0. The molecule has 0 spiro atoms. The van der Waals surface area contributed by atoms with Crippen LogP contribution in [0.2, 0.25) is 0 Å². The Bertz CT molecular complexity index is 1310. The number of rotatable bonds is 17. The van der Waals surface area contributed by atoms with Crippen molar-refractivity contribution in [2.45, 2.75) is 104 Å². The fraction of sp³-hybridized carbons (Fsp3) is 0.432. The predicted molar refractivity (Wildman–Crippen MR) is 171 cm³/mol. The number of carbonyl (C=O) groups is 3. The Hall–Kier alpha value is -3.93. The monoisotopic (exact) mass is 586 g/mol. The lowest BCUT2D eigenvalue weighted by Crippen LogP contribution is -2.20. The molecule has 43 heavy (non-hydrogen) atoms. The highest BCUT2D eigenvalue weighted by Crippen LogP contribution is 2.36. The first-order valence-corrected chi connectivity index (χ1v) is 15.8. The fourth-order valence-electron chi connectivity index (χ4n) is 5.34. The van der Waals surface area contributed by atoms with E-state index in [1.165, 1.54) is 43.7 Å². The van der Waals surface area contributed by atoms with Crippen molar-refractivity contribution in [2.75, 3.05) is 0 Å². The molecule has 3 aromatic rings. The number of hydrogen-bond acceptors (Lipinski definition) is 5. The summed E-state index contributed by atoms with van der Waals surface area (Å²) < 4.78 is 10.4. The van der Waals surface area contributed by atoms with Gasteiger partial charge in [0.05, 0.1) is 11.1 Å². The molecule has 0 fully saturated rings. The number of carbonyl (C=O) groups excluding carboxylic acids is 2. The lowest BCUT2D eigenvalue weighted by molar-refractivity contribution is 0.0232. The van der Waals surface area contributed by atoms with Gasteiger partial charge in [-0.15, -0.1) is 0 Å². The molecule has 0 saturated carbocycles. The molecule has 0 aromatic heterocycles. The summed E-state index contributed by atoms with van der Waals surface area (Å²) in [4.78, 5) is 38.5. The minimum atomic E-state index is -1.18. The molecule has 0 saturated heterocycles. The Kier molecular flexibility index (Phi) is 14.0. The van der Waals surface area contributed by atoms with E-state index in [0.29, 0.717) is 17.5 Å². The van der Waals surface area contributed by atoms with Crippen molar-refractivity contribution in [2.24, 2.45) is 0 Å². The van der Waals surface area contributed by atoms with Crippen LogP contribution >= 0.6 is 0 Å². The van der Waals surface area contributed by atoms with Gasteiger partial charge in [-0.25, -0.2) is 14.4 Å². The quantitative estimate of drug-likeness (QED) is 0.0961. The number of aryl methyl sites for hydroxylation is 1. The first-order valence-electron chi connectivity index (χ1n) is 15.8. The Morgan fingerprint density at radius 2 is 1.35 bits per heavy atom. The molecule has 3 aromatic carbocycles. The molecular formula is C37H46O6. The van der Waals surface area contributed by atoms with Crippen molar-refractivity contribution >= 4 is 18.1 Å². The zero-order chi connectivity index (χ0) is 31.0. The van der Waals surface area contributed by atoms with Crippen LogP contribution in [0.1, 0.15) is 118 Å². The Morgan fingerprint density at radius 3 is 2.00 bits per heavy atom. The molecule has 0 aliphatic rings. The van der Waals surface area contributed by atoms with Crippen LogP contribution in [0.25, 0.3) is 22.3 Å². The molecule has 0 aliphatic heterocycles. The summed E-state index contributed by atoms with van der Waals surface area (Å²) >= 11 is 0. The Morgan fingerprint density at radius 1 is 0.721 bits per heavy atom. The first-order chi connectivity index (χ1) is 20.8. The third-order valence-electron chi connectivity index (χ3n) is 7.72. The van der Waals surface area contributed by atoms with Crippen LogP contribution in [0, 0.1) is 0 Å². The highest BCUT2D eigenvalue weighted by molar-refractivity contribution is 6.10. The van der Waals surface area contributed by atoms with Gasteiger partial charge in [0.15, 0.2) is 0 Å². The molecule has 0 radical (unpaired) electrons. The van der Waals surface area contributed by atoms with E-state index in [-0.39, 0.29) is 16.7 Å². The van der Waals surface area contributed by atoms with Gasteiger partial charge < -0.3 is 14.6 Å². The maximum atomic E-state index is 13.3. The maximum absolute atomic E-state index is 13.3. The van der Waals surface area contributed by atoms with Crippen molar-refractivity contribution in [1.29, 1.82) is 0 Å². The van der Waals surface area contributed by atoms with Crippen LogP contribution in [0.15, 0.2) is 66.7 Å². The zero-order valence-corrected chi connectivity index (χ0v) is 25.9. The number of hydrogen-bond donors (Lipinski definition) is 1. The topological polar surface area (TPSA) is 89.9 Å². The number of carboxylic acids is 1. The third-order valence-corrected chi connectivity index (χ3v) is 7.72. The summed E-state index contributed by atoms with van der Waals surface area (Å²) in [5.74, 6) is -2.13. The molecule has 0 heterocycles. The van der Waals surface area contributed by atoms with Crippen molar-refractivity contribution < 1.29 is 29.0 Å². The lowest BCUT2D eigenvalue weighted by atomic mass is 9.87. The van der Waals surface area contributed by atoms with Crippen LogP contribution in [-0.4, -0.2) is 29.3 Å². The number of aromatic carboxylic acids is 1. The highest BCUT2D eigenvalue weighted by atomic mass is 16.7. The number of ether oxygens (including phenoxy) is 2. The van der Waals surface area contributed by atoms with E-state index in [0.717, 1.165) is 44.1 Å². The molecule has 3 rings (SSSR count).